The molecule has 48 heavy (non-hydrogen) atoms. The van der Waals surface area contributed by atoms with Crippen molar-refractivity contribution in [2.75, 3.05) is 38.8 Å². The summed E-state index contributed by atoms with van der Waals surface area (Å²) in [5.41, 5.74) is -0.289. The van der Waals surface area contributed by atoms with E-state index < -0.39 is 37.6 Å². The van der Waals surface area contributed by atoms with Crippen molar-refractivity contribution in [1.29, 1.82) is 0 Å². The van der Waals surface area contributed by atoms with E-state index in [1.165, 1.54) is 0 Å². The van der Waals surface area contributed by atoms with Gasteiger partial charge in [-0.1, -0.05) is 54.4 Å². The van der Waals surface area contributed by atoms with Crippen molar-refractivity contribution in [3.05, 3.63) is 40.0 Å². The van der Waals surface area contributed by atoms with Gasteiger partial charge in [-0.15, -0.1) is 0 Å². The molecule has 5 rings (SSSR count). The van der Waals surface area contributed by atoms with Crippen molar-refractivity contribution < 1.29 is 33.1 Å². The topological polar surface area (TPSA) is 136 Å². The number of hydrogen-bond donors (Lipinski definition) is 2. The Hall–Kier alpha value is -3.22. The van der Waals surface area contributed by atoms with Gasteiger partial charge in [0, 0.05) is 31.1 Å². The lowest BCUT2D eigenvalue weighted by atomic mass is 9.59. The highest BCUT2D eigenvalue weighted by Crippen LogP contribution is 2.59. The lowest BCUT2D eigenvalue weighted by molar-refractivity contribution is -0.0320. The summed E-state index contributed by atoms with van der Waals surface area (Å²) in [5.74, 6) is -0.569. The number of nitrogens with zero attached hydrogens (tertiary/aromatic N) is 3. The van der Waals surface area contributed by atoms with E-state index in [1.54, 1.807) is 6.20 Å². The number of unbranched alkanes of at least 4 members (excludes halogenated alkanes) is 2. The summed E-state index contributed by atoms with van der Waals surface area (Å²) in [7, 11) is 1.01. The molecule has 3 aliphatic carbocycles. The van der Waals surface area contributed by atoms with Crippen LogP contribution in [0.2, 0.25) is 18.1 Å². The Morgan fingerprint density at radius 2 is 1.75 bits per heavy atom. The number of ketones is 2. The lowest BCUT2D eigenvalue weighted by Gasteiger charge is -2.54. The standard InChI is InChI=1S/C36H54N4O7Si/c1-11-14-16-44-24-20-38-33(40(7)8)22-18-21-19-23-28(37-13-3)30-27(34(39-46-30)45-17-15-12-2)32(43)36(23,47-48(9,10)35(4,5)6)31(42)25(21)29(41)26(22)24/h20-21,23,28,37,42H,11-19H2,1-10H3/t21-,23-,28-,36-/m0/s1. The molecule has 0 saturated heterocycles. The summed E-state index contributed by atoms with van der Waals surface area (Å²) in [4.78, 5) is 36.7. The number of fused-ring (bicyclic) bond motifs is 4. The molecule has 0 aromatic carbocycles. The van der Waals surface area contributed by atoms with E-state index in [0.29, 0.717) is 55.5 Å². The number of anilines is 1. The van der Waals surface area contributed by atoms with Crippen molar-refractivity contribution in [3.8, 4) is 11.6 Å². The van der Waals surface area contributed by atoms with E-state index in [0.717, 1.165) is 31.2 Å². The minimum Gasteiger partial charge on any atom is -0.508 e. The largest absolute Gasteiger partial charge is 0.508 e. The van der Waals surface area contributed by atoms with E-state index in [-0.39, 0.29) is 33.6 Å². The maximum absolute atomic E-state index is 15.2. The summed E-state index contributed by atoms with van der Waals surface area (Å²) in [6.07, 6.45) is 5.88. The van der Waals surface area contributed by atoms with E-state index in [9.17, 15) is 9.90 Å². The number of aromatic nitrogens is 2. The maximum atomic E-state index is 15.2. The highest BCUT2D eigenvalue weighted by Gasteiger charge is 2.67. The van der Waals surface area contributed by atoms with Crippen LogP contribution in [0.5, 0.6) is 11.6 Å². The fraction of sp³-hybridized carbons (Fsp3) is 0.667. The summed E-state index contributed by atoms with van der Waals surface area (Å²) in [5, 5.41) is 20.2. The molecular weight excluding hydrogens is 629 g/mol. The molecule has 264 valence electrons. The minimum atomic E-state index is -2.79. The lowest BCUT2D eigenvalue weighted by Crippen LogP contribution is -2.65. The Morgan fingerprint density at radius 3 is 2.35 bits per heavy atom. The number of carbonyl (C=O) groups is 2. The third-order valence-electron chi connectivity index (χ3n) is 10.6. The first-order valence-corrected chi connectivity index (χ1v) is 20.5. The van der Waals surface area contributed by atoms with Gasteiger partial charge in [0.2, 0.25) is 5.78 Å². The van der Waals surface area contributed by atoms with Gasteiger partial charge in [-0.25, -0.2) is 4.98 Å². The van der Waals surface area contributed by atoms with E-state index in [2.05, 4.69) is 58.2 Å². The third kappa shape index (κ3) is 5.87. The van der Waals surface area contributed by atoms with E-state index in [4.69, 9.17) is 23.4 Å². The highest BCUT2D eigenvalue weighted by molar-refractivity contribution is 6.74. The number of ether oxygens (including phenoxy) is 2. The van der Waals surface area contributed by atoms with Gasteiger partial charge in [0.1, 0.15) is 22.9 Å². The van der Waals surface area contributed by atoms with Crippen LogP contribution in [0, 0.1) is 11.8 Å². The van der Waals surface area contributed by atoms with Gasteiger partial charge in [-0.05, 0) is 61.4 Å². The van der Waals surface area contributed by atoms with Gasteiger partial charge >= 0.3 is 0 Å². The molecule has 2 heterocycles. The van der Waals surface area contributed by atoms with Gasteiger partial charge < -0.3 is 33.7 Å². The molecule has 0 spiro atoms. The average Bonchev–Trinajstić information content (AvgIpc) is 3.43. The molecular formula is C36H54N4O7Si. The van der Waals surface area contributed by atoms with Crippen LogP contribution < -0.4 is 19.7 Å². The van der Waals surface area contributed by atoms with Gasteiger partial charge in [-0.2, -0.15) is 0 Å². The Bertz CT molecular complexity index is 1580. The van der Waals surface area contributed by atoms with Crippen LogP contribution in [0.25, 0.3) is 0 Å². The molecule has 0 bridgehead atoms. The first-order valence-electron chi connectivity index (χ1n) is 17.6. The zero-order chi connectivity index (χ0) is 35.2. The van der Waals surface area contributed by atoms with Crippen molar-refractivity contribution in [3.63, 3.8) is 0 Å². The first kappa shape index (κ1) is 36.1. The van der Waals surface area contributed by atoms with Crippen molar-refractivity contribution in [2.24, 2.45) is 11.8 Å². The Morgan fingerprint density at radius 1 is 1.08 bits per heavy atom. The fourth-order valence-corrected chi connectivity index (χ4v) is 8.57. The van der Waals surface area contributed by atoms with Crippen LogP contribution in [0.3, 0.4) is 0 Å². The summed E-state index contributed by atoms with van der Waals surface area (Å²) < 4.78 is 25.3. The molecule has 0 saturated carbocycles. The molecule has 0 unspecified atom stereocenters. The number of hydrogen-bond acceptors (Lipinski definition) is 11. The van der Waals surface area contributed by atoms with Crippen molar-refractivity contribution >= 4 is 25.7 Å². The van der Waals surface area contributed by atoms with Gasteiger partial charge in [0.05, 0.1) is 31.0 Å². The van der Waals surface area contributed by atoms with Crippen molar-refractivity contribution in [2.45, 2.75) is 110 Å². The van der Waals surface area contributed by atoms with Gasteiger partial charge in [-0.3, -0.25) is 9.59 Å². The highest BCUT2D eigenvalue weighted by atomic mass is 28.4. The molecule has 0 amide bonds. The smallest absolute Gasteiger partial charge is 0.265 e. The van der Waals surface area contributed by atoms with Crippen LogP contribution in [-0.2, 0) is 10.8 Å². The second-order valence-corrected chi connectivity index (χ2v) is 19.8. The summed E-state index contributed by atoms with van der Waals surface area (Å²) in [6, 6.07) is -0.529. The molecule has 2 aromatic heterocycles. The maximum Gasteiger partial charge on any atom is 0.265 e. The van der Waals surface area contributed by atoms with Crippen LogP contribution in [0.1, 0.15) is 112 Å². The quantitative estimate of drug-likeness (QED) is 0.167. The van der Waals surface area contributed by atoms with E-state index >= 15 is 4.79 Å². The molecule has 11 nitrogen and oxygen atoms in total. The second-order valence-electron chi connectivity index (χ2n) is 15.1. The van der Waals surface area contributed by atoms with Crippen LogP contribution in [0.4, 0.5) is 5.82 Å². The number of nitrogens with one attached hydrogen (secondary N) is 1. The normalized spacial score (nSPS) is 23.8. The first-order chi connectivity index (χ1) is 22.7. The van der Waals surface area contributed by atoms with Gasteiger partial charge in [0.15, 0.2) is 25.5 Å². The molecule has 2 N–H and O–H groups in total. The monoisotopic (exact) mass is 682 g/mol. The second kappa shape index (κ2) is 13.6. The number of aliphatic hydroxyl groups excluding tert-OH is 1. The number of allylic oxidation sites excluding steroid dienone is 1. The van der Waals surface area contributed by atoms with Crippen LogP contribution in [0.15, 0.2) is 22.1 Å². The Balaban J connectivity index is 1.77. The Labute approximate surface area is 285 Å². The molecule has 4 atom stereocenters. The molecule has 0 radical (unpaired) electrons. The third-order valence-corrected chi connectivity index (χ3v) is 15.1. The van der Waals surface area contributed by atoms with Gasteiger partial charge in [0.25, 0.3) is 5.88 Å². The number of carbonyl (C=O) groups excluding carboxylic acids is 2. The zero-order valence-corrected chi connectivity index (χ0v) is 31.4. The van der Waals surface area contributed by atoms with E-state index in [1.807, 2.05) is 25.9 Å². The Kier molecular flexibility index (Phi) is 10.2. The predicted molar refractivity (Wildman–Crippen MR) is 187 cm³/mol. The number of aliphatic hydroxyl groups is 1. The molecule has 0 fully saturated rings. The SMILES string of the molecule is CCCCOc1cnc(N(C)C)c2c1C(=O)C1=C(O)[C@]3(O[Si](C)(C)C(C)(C)C)C(=O)c4c(OCCCC)noc4[C@@H](NCC)[C@@H]3C[C@@H]1C2. The average molecular weight is 683 g/mol. The zero-order valence-electron chi connectivity index (χ0n) is 30.4. The van der Waals surface area contributed by atoms with Crippen LogP contribution >= 0.6 is 0 Å². The molecule has 0 aliphatic heterocycles. The molecule has 3 aliphatic rings. The summed E-state index contributed by atoms with van der Waals surface area (Å²) in [6.45, 7) is 17.9. The predicted octanol–water partition coefficient (Wildman–Crippen LogP) is 6.99. The number of pyridine rings is 1. The van der Waals surface area contributed by atoms with Crippen molar-refractivity contribution in [1.82, 2.24) is 15.5 Å². The number of rotatable bonds is 13. The summed E-state index contributed by atoms with van der Waals surface area (Å²) >= 11 is 0. The molecule has 12 heteroatoms. The van der Waals surface area contributed by atoms with Crippen LogP contribution in [-0.4, -0.2) is 74.6 Å². The molecule has 2 aromatic rings. The number of Topliss-reactive ketones (excluding diaryl/α,β-unsaturated/α-hetero) is 2. The minimum absolute atomic E-state index is 0.0940. The fourth-order valence-electron chi connectivity index (χ4n) is 7.12.